The van der Waals surface area contributed by atoms with E-state index < -0.39 is 0 Å². The molecule has 0 spiro atoms. The van der Waals surface area contributed by atoms with Crippen LogP contribution in [0.25, 0.3) is 77.2 Å². The summed E-state index contributed by atoms with van der Waals surface area (Å²) in [4.78, 5) is 19.4. The molecule has 0 fully saturated rings. The van der Waals surface area contributed by atoms with Gasteiger partial charge in [0.2, 0.25) is 5.95 Å². The Morgan fingerprint density at radius 1 is 0.500 bits per heavy atom. The topological polar surface area (TPSA) is 61.4 Å². The predicted molar refractivity (Wildman–Crippen MR) is 161 cm³/mol. The van der Waals surface area contributed by atoms with Gasteiger partial charge in [0.15, 0.2) is 0 Å². The zero-order chi connectivity index (χ0) is 26.2. The largest absolute Gasteiger partial charge is 0.307 e. The summed E-state index contributed by atoms with van der Waals surface area (Å²) in [5.41, 5.74) is 8.02. The molecule has 0 aliphatic heterocycles. The van der Waals surface area contributed by atoms with Gasteiger partial charge in [0.05, 0.1) is 38.6 Å². The van der Waals surface area contributed by atoms with E-state index in [9.17, 15) is 0 Å². The second kappa shape index (κ2) is 7.94. The lowest BCUT2D eigenvalue weighted by Gasteiger charge is -2.11. The zero-order valence-electron chi connectivity index (χ0n) is 21.2. The molecule has 0 radical (unpaired) electrons. The Labute approximate surface area is 227 Å². The van der Waals surface area contributed by atoms with Crippen molar-refractivity contribution in [2.24, 2.45) is 0 Å². The Morgan fingerprint density at radius 2 is 1.27 bits per heavy atom. The third-order valence-corrected chi connectivity index (χ3v) is 7.85. The first-order valence-corrected chi connectivity index (χ1v) is 13.2. The molecule has 40 heavy (non-hydrogen) atoms. The average molecular weight is 513 g/mol. The van der Waals surface area contributed by atoms with E-state index in [0.717, 1.165) is 60.5 Å². The van der Waals surface area contributed by atoms with Crippen molar-refractivity contribution in [1.29, 1.82) is 0 Å². The van der Waals surface area contributed by atoms with E-state index in [0.29, 0.717) is 5.95 Å². The Hall–Kier alpha value is -5.62. The quantitative estimate of drug-likeness (QED) is 0.237. The van der Waals surface area contributed by atoms with Gasteiger partial charge in [-0.1, -0.05) is 66.7 Å². The first-order chi connectivity index (χ1) is 19.9. The van der Waals surface area contributed by atoms with Gasteiger partial charge in [-0.3, -0.25) is 14.5 Å². The third kappa shape index (κ3) is 2.82. The molecule has 0 saturated carbocycles. The monoisotopic (exact) mass is 512 g/mol. The fraction of sp³-hybridized carbons (Fsp3) is 0. The third-order valence-electron chi connectivity index (χ3n) is 7.85. The molecule has 0 saturated heterocycles. The Morgan fingerprint density at radius 3 is 2.23 bits per heavy atom. The normalized spacial score (nSPS) is 12.0. The molecule has 5 aromatic carbocycles. The molecule has 4 heterocycles. The summed E-state index contributed by atoms with van der Waals surface area (Å²) in [6.07, 6.45) is 5.41. The number of para-hydroxylation sites is 3. The number of aromatic nitrogens is 6. The van der Waals surface area contributed by atoms with Crippen LogP contribution in [0.2, 0.25) is 0 Å². The Balaban J connectivity index is 1.57. The standard InChI is InChI=1S/C34H20N6/c1-2-9-22(10-3-1)39-28-13-7-5-11-23(28)24-14-15-25-30-29(17-16-27-31(30)36-19-18-35-27)40(33(25)32(24)39)34-37-20-21-8-4-6-12-26(21)38-34/h1-20H. The minimum Gasteiger partial charge on any atom is -0.307 e. The molecule has 6 heteroatoms. The van der Waals surface area contributed by atoms with Gasteiger partial charge >= 0.3 is 0 Å². The van der Waals surface area contributed by atoms with Crippen molar-refractivity contribution in [2.45, 2.75) is 0 Å². The van der Waals surface area contributed by atoms with Gasteiger partial charge in [-0.15, -0.1) is 0 Å². The van der Waals surface area contributed by atoms with Crippen molar-refractivity contribution < 1.29 is 0 Å². The maximum absolute atomic E-state index is 5.07. The molecule has 0 unspecified atom stereocenters. The van der Waals surface area contributed by atoms with E-state index in [2.05, 4.69) is 86.9 Å². The summed E-state index contributed by atoms with van der Waals surface area (Å²) < 4.78 is 4.56. The van der Waals surface area contributed by atoms with E-state index in [1.54, 1.807) is 12.4 Å². The minimum absolute atomic E-state index is 0.624. The first-order valence-electron chi connectivity index (χ1n) is 13.2. The molecule has 0 aliphatic carbocycles. The lowest BCUT2D eigenvalue weighted by Crippen LogP contribution is -2.03. The number of hydrogen-bond acceptors (Lipinski definition) is 4. The summed E-state index contributed by atoms with van der Waals surface area (Å²) in [6, 6.07) is 35.8. The molecular formula is C34H20N6. The number of fused-ring (bicyclic) bond motifs is 10. The van der Waals surface area contributed by atoms with Crippen molar-refractivity contribution >= 4 is 65.5 Å². The number of benzene rings is 5. The molecule has 9 rings (SSSR count). The van der Waals surface area contributed by atoms with Crippen LogP contribution < -0.4 is 0 Å². The van der Waals surface area contributed by atoms with Crippen LogP contribution in [0.4, 0.5) is 0 Å². The van der Waals surface area contributed by atoms with Gasteiger partial charge in [-0.05, 0) is 36.4 Å². The maximum atomic E-state index is 5.07. The highest BCUT2D eigenvalue weighted by Crippen LogP contribution is 2.42. The fourth-order valence-electron chi connectivity index (χ4n) is 6.19. The summed E-state index contributed by atoms with van der Waals surface area (Å²) >= 11 is 0. The fourth-order valence-corrected chi connectivity index (χ4v) is 6.19. The molecule has 4 aromatic heterocycles. The summed E-state index contributed by atoms with van der Waals surface area (Å²) in [5.74, 6) is 0.624. The molecule has 186 valence electrons. The van der Waals surface area contributed by atoms with Gasteiger partial charge in [0.1, 0.15) is 0 Å². The van der Waals surface area contributed by atoms with E-state index >= 15 is 0 Å². The van der Waals surface area contributed by atoms with Crippen molar-refractivity contribution in [3.8, 4) is 11.6 Å². The lowest BCUT2D eigenvalue weighted by atomic mass is 10.1. The summed E-state index contributed by atoms with van der Waals surface area (Å²) in [5, 5.41) is 5.51. The Bertz CT molecular complexity index is 2440. The molecule has 0 N–H and O–H groups in total. The molecular weight excluding hydrogens is 492 g/mol. The smallest absolute Gasteiger partial charge is 0.235 e. The molecule has 0 atom stereocenters. The average Bonchev–Trinajstić information content (AvgIpc) is 3.54. The van der Waals surface area contributed by atoms with Crippen LogP contribution in [0.5, 0.6) is 0 Å². The van der Waals surface area contributed by atoms with Crippen LogP contribution in [0.15, 0.2) is 122 Å². The van der Waals surface area contributed by atoms with Gasteiger partial charge in [-0.2, -0.15) is 0 Å². The van der Waals surface area contributed by atoms with Crippen LogP contribution in [0.1, 0.15) is 0 Å². The highest BCUT2D eigenvalue weighted by Gasteiger charge is 2.23. The van der Waals surface area contributed by atoms with Crippen molar-refractivity contribution in [2.75, 3.05) is 0 Å². The Kier molecular flexibility index (Phi) is 4.24. The van der Waals surface area contributed by atoms with Crippen LogP contribution in [0, 0.1) is 0 Å². The molecule has 6 nitrogen and oxygen atoms in total. The lowest BCUT2D eigenvalue weighted by molar-refractivity contribution is 1.01. The highest BCUT2D eigenvalue weighted by molar-refractivity contribution is 6.27. The first kappa shape index (κ1) is 21.3. The van der Waals surface area contributed by atoms with Crippen LogP contribution >= 0.6 is 0 Å². The van der Waals surface area contributed by atoms with Gasteiger partial charge in [-0.25, -0.2) is 9.97 Å². The van der Waals surface area contributed by atoms with E-state index in [1.165, 1.54) is 10.8 Å². The molecule has 0 aliphatic rings. The second-order valence-electron chi connectivity index (χ2n) is 9.99. The van der Waals surface area contributed by atoms with Crippen LogP contribution in [-0.2, 0) is 0 Å². The summed E-state index contributed by atoms with van der Waals surface area (Å²) in [7, 11) is 0. The van der Waals surface area contributed by atoms with Crippen LogP contribution in [0.3, 0.4) is 0 Å². The number of rotatable bonds is 2. The summed E-state index contributed by atoms with van der Waals surface area (Å²) in [6.45, 7) is 0. The second-order valence-corrected chi connectivity index (χ2v) is 9.99. The van der Waals surface area contributed by atoms with E-state index in [1.807, 2.05) is 36.5 Å². The zero-order valence-corrected chi connectivity index (χ0v) is 21.2. The molecule has 0 amide bonds. The highest BCUT2D eigenvalue weighted by atomic mass is 15.2. The van der Waals surface area contributed by atoms with Gasteiger partial charge in [0, 0.05) is 51.2 Å². The predicted octanol–water partition coefficient (Wildman–Crippen LogP) is 7.77. The van der Waals surface area contributed by atoms with E-state index in [-0.39, 0.29) is 0 Å². The van der Waals surface area contributed by atoms with Crippen molar-refractivity contribution in [3.05, 3.63) is 122 Å². The maximum Gasteiger partial charge on any atom is 0.235 e. The minimum atomic E-state index is 0.624. The van der Waals surface area contributed by atoms with Crippen molar-refractivity contribution in [3.63, 3.8) is 0 Å². The SMILES string of the molecule is c1ccc(-n2c3ccccc3c3ccc4c5c6nccnc6ccc5n(-c5ncc6ccccc6n5)c4c32)cc1. The molecule has 0 bridgehead atoms. The van der Waals surface area contributed by atoms with Gasteiger partial charge in [0.25, 0.3) is 0 Å². The molecule has 9 aromatic rings. The van der Waals surface area contributed by atoms with Crippen molar-refractivity contribution in [1.82, 2.24) is 29.1 Å². The number of hydrogen-bond donors (Lipinski definition) is 0. The van der Waals surface area contributed by atoms with Gasteiger partial charge < -0.3 is 4.57 Å². The number of nitrogens with zero attached hydrogens (tertiary/aromatic N) is 6. The van der Waals surface area contributed by atoms with Crippen LogP contribution in [-0.4, -0.2) is 29.1 Å². The van der Waals surface area contributed by atoms with E-state index in [4.69, 9.17) is 15.0 Å².